The van der Waals surface area contributed by atoms with E-state index in [0.717, 1.165) is 31.9 Å². The van der Waals surface area contributed by atoms with Crippen LogP contribution in [-0.2, 0) is 13.0 Å². The van der Waals surface area contributed by atoms with Gasteiger partial charge >= 0.3 is 0 Å². The number of rotatable bonds is 1. The van der Waals surface area contributed by atoms with Gasteiger partial charge in [0.1, 0.15) is 0 Å². The minimum absolute atomic E-state index is 0.846. The molecule has 0 bridgehead atoms. The van der Waals surface area contributed by atoms with E-state index in [9.17, 15) is 0 Å². The van der Waals surface area contributed by atoms with Gasteiger partial charge in [-0.05, 0) is 6.42 Å². The van der Waals surface area contributed by atoms with E-state index in [4.69, 9.17) is 4.74 Å². The zero-order valence-electron chi connectivity index (χ0n) is 6.71. The summed E-state index contributed by atoms with van der Waals surface area (Å²) in [5.41, 5.74) is 1.23. The van der Waals surface area contributed by atoms with E-state index in [2.05, 4.69) is 12.0 Å². The van der Waals surface area contributed by atoms with Crippen LogP contribution in [0.4, 0.5) is 0 Å². The molecule has 1 aliphatic heterocycles. The van der Waals surface area contributed by atoms with Crippen molar-refractivity contribution >= 4 is 0 Å². The van der Waals surface area contributed by atoms with Gasteiger partial charge in [0, 0.05) is 18.5 Å². The van der Waals surface area contributed by atoms with Crippen LogP contribution < -0.4 is 4.74 Å². The minimum atomic E-state index is 0.846. The summed E-state index contributed by atoms with van der Waals surface area (Å²) >= 11 is 0. The second-order valence-corrected chi connectivity index (χ2v) is 2.75. The molecule has 60 valence electrons. The molecule has 0 N–H and O–H groups in total. The Morgan fingerprint density at radius 2 is 2.64 bits per heavy atom. The molecule has 3 nitrogen and oxygen atoms in total. The van der Waals surface area contributed by atoms with Crippen LogP contribution >= 0.6 is 0 Å². The Morgan fingerprint density at radius 3 is 3.45 bits per heavy atom. The Hall–Kier alpha value is -0.990. The topological polar surface area (TPSA) is 27.1 Å². The van der Waals surface area contributed by atoms with Crippen molar-refractivity contribution in [3.05, 3.63) is 11.8 Å². The van der Waals surface area contributed by atoms with Gasteiger partial charge in [0.2, 0.25) is 5.88 Å². The van der Waals surface area contributed by atoms with Crippen LogP contribution in [0.2, 0.25) is 0 Å². The fourth-order valence-electron chi connectivity index (χ4n) is 1.36. The summed E-state index contributed by atoms with van der Waals surface area (Å²) in [6.45, 7) is 3.98. The van der Waals surface area contributed by atoms with Crippen molar-refractivity contribution in [2.75, 3.05) is 6.61 Å². The van der Waals surface area contributed by atoms with Crippen LogP contribution in [-0.4, -0.2) is 16.4 Å². The number of aryl methyl sites for hydroxylation is 2. The van der Waals surface area contributed by atoms with Crippen LogP contribution in [0.15, 0.2) is 6.20 Å². The molecule has 1 aliphatic rings. The summed E-state index contributed by atoms with van der Waals surface area (Å²) in [7, 11) is 0. The number of ether oxygens (including phenoxy) is 1. The zero-order chi connectivity index (χ0) is 7.68. The molecule has 0 saturated heterocycles. The predicted octanol–water partition coefficient (Wildman–Crippen LogP) is 1.23. The normalized spacial score (nSPS) is 15.7. The lowest BCUT2D eigenvalue weighted by molar-refractivity contribution is 0.228. The number of nitrogens with zero attached hydrogens (tertiary/aromatic N) is 2. The smallest absolute Gasteiger partial charge is 0.214 e. The molecule has 0 fully saturated rings. The van der Waals surface area contributed by atoms with Gasteiger partial charge in [-0.25, -0.2) is 4.68 Å². The molecule has 11 heavy (non-hydrogen) atoms. The summed E-state index contributed by atoms with van der Waals surface area (Å²) in [4.78, 5) is 0. The average molecular weight is 152 g/mol. The van der Waals surface area contributed by atoms with Gasteiger partial charge in [-0.2, -0.15) is 5.10 Å². The van der Waals surface area contributed by atoms with E-state index in [0.29, 0.717) is 0 Å². The summed E-state index contributed by atoms with van der Waals surface area (Å²) in [6.07, 6.45) is 3.99. The van der Waals surface area contributed by atoms with E-state index in [1.807, 2.05) is 10.9 Å². The van der Waals surface area contributed by atoms with Gasteiger partial charge in [-0.3, -0.25) is 0 Å². The van der Waals surface area contributed by atoms with Crippen molar-refractivity contribution < 1.29 is 4.74 Å². The van der Waals surface area contributed by atoms with E-state index < -0.39 is 0 Å². The molecule has 1 aromatic heterocycles. The van der Waals surface area contributed by atoms with E-state index in [1.165, 1.54) is 5.56 Å². The maximum absolute atomic E-state index is 5.49. The fourth-order valence-corrected chi connectivity index (χ4v) is 1.36. The van der Waals surface area contributed by atoms with Crippen molar-refractivity contribution in [3.63, 3.8) is 0 Å². The van der Waals surface area contributed by atoms with Crippen molar-refractivity contribution in [3.8, 4) is 5.88 Å². The predicted molar refractivity (Wildman–Crippen MR) is 41.7 cm³/mol. The number of fused-ring (bicyclic) bond motifs is 1. The maximum atomic E-state index is 5.49. The molecule has 2 rings (SSSR count). The highest BCUT2D eigenvalue weighted by Crippen LogP contribution is 2.21. The fraction of sp³-hybridized carbons (Fsp3) is 0.625. The molecule has 0 spiro atoms. The lowest BCUT2D eigenvalue weighted by atomic mass is 10.2. The van der Waals surface area contributed by atoms with Crippen molar-refractivity contribution in [2.45, 2.75) is 26.3 Å². The maximum Gasteiger partial charge on any atom is 0.214 e. The first-order chi connectivity index (χ1) is 5.42. The van der Waals surface area contributed by atoms with Gasteiger partial charge in [0.25, 0.3) is 0 Å². The number of hydrogen-bond donors (Lipinski definition) is 0. The van der Waals surface area contributed by atoms with Crippen LogP contribution in [0.1, 0.15) is 18.9 Å². The first-order valence-electron chi connectivity index (χ1n) is 4.09. The third kappa shape index (κ3) is 1.00. The van der Waals surface area contributed by atoms with Crippen molar-refractivity contribution in [2.24, 2.45) is 0 Å². The molecule has 0 atom stereocenters. The SMILES string of the molecule is CCc1cnn2c1OCCC2. The van der Waals surface area contributed by atoms with E-state index >= 15 is 0 Å². The monoisotopic (exact) mass is 152 g/mol. The highest BCUT2D eigenvalue weighted by Gasteiger charge is 2.13. The number of aromatic nitrogens is 2. The minimum Gasteiger partial charge on any atom is -0.478 e. The zero-order valence-corrected chi connectivity index (χ0v) is 6.71. The Balaban J connectivity index is 2.38. The summed E-state index contributed by atoms with van der Waals surface area (Å²) in [6, 6.07) is 0. The molecule has 0 amide bonds. The lowest BCUT2D eigenvalue weighted by Crippen LogP contribution is -2.15. The largest absolute Gasteiger partial charge is 0.478 e. The standard InChI is InChI=1S/C8H12N2O/c1-2-7-6-9-10-4-3-5-11-8(7)10/h6H,2-5H2,1H3. The molecule has 0 saturated carbocycles. The highest BCUT2D eigenvalue weighted by molar-refractivity contribution is 5.24. The molecule has 1 aromatic rings. The first kappa shape index (κ1) is 6.70. The molecule has 0 aliphatic carbocycles. The summed E-state index contributed by atoms with van der Waals surface area (Å²) in [5, 5.41) is 4.22. The molecule has 0 radical (unpaired) electrons. The van der Waals surface area contributed by atoms with Gasteiger partial charge in [0.05, 0.1) is 12.8 Å². The second-order valence-electron chi connectivity index (χ2n) is 2.75. The molecular formula is C8H12N2O. The van der Waals surface area contributed by atoms with Gasteiger partial charge in [-0.1, -0.05) is 6.92 Å². The lowest BCUT2D eigenvalue weighted by Gasteiger charge is -2.15. The molecule has 2 heterocycles. The van der Waals surface area contributed by atoms with Crippen LogP contribution in [0.25, 0.3) is 0 Å². The second kappa shape index (κ2) is 2.57. The Morgan fingerprint density at radius 1 is 1.73 bits per heavy atom. The third-order valence-corrected chi connectivity index (χ3v) is 2.00. The van der Waals surface area contributed by atoms with Gasteiger partial charge in [0.15, 0.2) is 0 Å². The third-order valence-electron chi connectivity index (χ3n) is 2.00. The van der Waals surface area contributed by atoms with Gasteiger partial charge in [-0.15, -0.1) is 0 Å². The summed E-state index contributed by atoms with van der Waals surface area (Å²) in [5.74, 6) is 0.985. The van der Waals surface area contributed by atoms with Gasteiger partial charge < -0.3 is 4.74 Å². The average Bonchev–Trinajstić information content (AvgIpc) is 2.47. The van der Waals surface area contributed by atoms with Crippen molar-refractivity contribution in [1.29, 1.82) is 0 Å². The van der Waals surface area contributed by atoms with Crippen molar-refractivity contribution in [1.82, 2.24) is 9.78 Å². The molecule has 0 aromatic carbocycles. The van der Waals surface area contributed by atoms with Crippen LogP contribution in [0.3, 0.4) is 0 Å². The van der Waals surface area contributed by atoms with E-state index in [1.54, 1.807) is 0 Å². The summed E-state index contributed by atoms with van der Waals surface area (Å²) < 4.78 is 7.43. The van der Waals surface area contributed by atoms with E-state index in [-0.39, 0.29) is 0 Å². The Bertz CT molecular complexity index is 241. The Kier molecular flexibility index (Phi) is 1.56. The van der Waals surface area contributed by atoms with Crippen LogP contribution in [0, 0.1) is 0 Å². The molecule has 3 heteroatoms. The van der Waals surface area contributed by atoms with Crippen LogP contribution in [0.5, 0.6) is 5.88 Å². The molecular weight excluding hydrogens is 140 g/mol. The highest BCUT2D eigenvalue weighted by atomic mass is 16.5. The first-order valence-corrected chi connectivity index (χ1v) is 4.09. The quantitative estimate of drug-likeness (QED) is 0.605. The molecule has 0 unspecified atom stereocenters. The number of hydrogen-bond acceptors (Lipinski definition) is 2. The Labute approximate surface area is 66.0 Å².